The summed E-state index contributed by atoms with van der Waals surface area (Å²) in [6, 6.07) is 20.3. The number of nitrogens with one attached hydrogen (secondary N) is 1. The maximum atomic E-state index is 5.44. The molecular formula is C23H21N5O. The van der Waals surface area contributed by atoms with Crippen LogP contribution in [0.3, 0.4) is 0 Å². The van der Waals surface area contributed by atoms with Crippen molar-refractivity contribution < 1.29 is 4.74 Å². The Bertz CT molecular complexity index is 1110. The molecule has 0 bridgehead atoms. The normalized spacial score (nSPS) is 14.1. The van der Waals surface area contributed by atoms with Gasteiger partial charge in [-0.15, -0.1) is 0 Å². The average molecular weight is 383 g/mol. The maximum Gasteiger partial charge on any atom is 0.162 e. The van der Waals surface area contributed by atoms with Crippen molar-refractivity contribution in [1.82, 2.24) is 15.0 Å². The molecule has 2 aromatic heterocycles. The number of nitrogens with zero attached hydrogens (tertiary/aromatic N) is 4. The number of morpholine rings is 1. The summed E-state index contributed by atoms with van der Waals surface area (Å²) in [6.07, 6.45) is 3.51. The van der Waals surface area contributed by atoms with Crippen LogP contribution < -0.4 is 10.2 Å². The molecule has 0 unspecified atom stereocenters. The second-order valence-corrected chi connectivity index (χ2v) is 6.92. The smallest absolute Gasteiger partial charge is 0.162 e. The zero-order valence-corrected chi connectivity index (χ0v) is 16.0. The number of pyridine rings is 1. The van der Waals surface area contributed by atoms with Crippen molar-refractivity contribution in [3.8, 4) is 11.4 Å². The van der Waals surface area contributed by atoms with Gasteiger partial charge in [0.25, 0.3) is 0 Å². The van der Waals surface area contributed by atoms with Crippen LogP contribution >= 0.6 is 0 Å². The van der Waals surface area contributed by atoms with E-state index in [-0.39, 0.29) is 0 Å². The fraction of sp³-hybridized carbons (Fsp3) is 0.174. The molecule has 1 fully saturated rings. The number of ether oxygens (including phenoxy) is 1. The standard InChI is InChI=1S/C23H21N5O/c1-2-4-21-20(3-1)23(27-22(26-21)17-9-11-24-12-10-17)25-18-5-7-19(8-6-18)28-13-15-29-16-14-28/h1-12H,13-16H2,(H,25,26,27). The van der Waals surface area contributed by atoms with Crippen molar-refractivity contribution in [3.63, 3.8) is 0 Å². The monoisotopic (exact) mass is 383 g/mol. The van der Waals surface area contributed by atoms with E-state index in [2.05, 4.69) is 39.5 Å². The Morgan fingerprint density at radius 1 is 0.828 bits per heavy atom. The fourth-order valence-electron chi connectivity index (χ4n) is 3.52. The Morgan fingerprint density at radius 3 is 2.38 bits per heavy atom. The van der Waals surface area contributed by atoms with Crippen molar-refractivity contribution >= 4 is 28.1 Å². The fourth-order valence-corrected chi connectivity index (χ4v) is 3.52. The number of hydrogen-bond donors (Lipinski definition) is 1. The Balaban J connectivity index is 1.48. The molecule has 29 heavy (non-hydrogen) atoms. The molecule has 1 saturated heterocycles. The second-order valence-electron chi connectivity index (χ2n) is 6.92. The minimum Gasteiger partial charge on any atom is -0.378 e. The summed E-state index contributed by atoms with van der Waals surface area (Å²) in [5.41, 5.74) is 4.05. The quantitative estimate of drug-likeness (QED) is 0.568. The summed E-state index contributed by atoms with van der Waals surface area (Å²) < 4.78 is 5.44. The molecule has 0 aliphatic carbocycles. The lowest BCUT2D eigenvalue weighted by Crippen LogP contribution is -2.36. The molecule has 0 atom stereocenters. The average Bonchev–Trinajstić information content (AvgIpc) is 2.81. The third-order valence-electron chi connectivity index (χ3n) is 5.05. The number of aromatic nitrogens is 3. The van der Waals surface area contributed by atoms with Gasteiger partial charge in [-0.1, -0.05) is 12.1 Å². The van der Waals surface area contributed by atoms with E-state index >= 15 is 0 Å². The highest BCUT2D eigenvalue weighted by atomic mass is 16.5. The first-order chi connectivity index (χ1) is 14.4. The molecule has 0 amide bonds. The van der Waals surface area contributed by atoms with Crippen LogP contribution in [0.2, 0.25) is 0 Å². The third-order valence-corrected chi connectivity index (χ3v) is 5.05. The summed E-state index contributed by atoms with van der Waals surface area (Å²) in [4.78, 5) is 16.0. The van der Waals surface area contributed by atoms with Gasteiger partial charge in [0.05, 0.1) is 18.7 Å². The molecule has 0 radical (unpaired) electrons. The molecule has 6 heteroatoms. The number of benzene rings is 2. The van der Waals surface area contributed by atoms with Crippen molar-refractivity contribution in [2.45, 2.75) is 0 Å². The van der Waals surface area contributed by atoms with Gasteiger partial charge in [-0.05, 0) is 48.5 Å². The highest BCUT2D eigenvalue weighted by molar-refractivity contribution is 5.92. The van der Waals surface area contributed by atoms with E-state index in [0.717, 1.165) is 54.3 Å². The van der Waals surface area contributed by atoms with Crippen LogP contribution in [0.25, 0.3) is 22.3 Å². The van der Waals surface area contributed by atoms with Gasteiger partial charge >= 0.3 is 0 Å². The molecule has 6 nitrogen and oxygen atoms in total. The van der Waals surface area contributed by atoms with Gasteiger partial charge in [0, 0.05) is 47.8 Å². The SMILES string of the molecule is c1ccc2c(Nc3ccc(N4CCOCC4)cc3)nc(-c3ccncc3)nc2c1. The molecule has 0 saturated carbocycles. The van der Waals surface area contributed by atoms with E-state index in [9.17, 15) is 0 Å². The highest BCUT2D eigenvalue weighted by Crippen LogP contribution is 2.28. The van der Waals surface area contributed by atoms with Gasteiger partial charge in [0.2, 0.25) is 0 Å². The lowest BCUT2D eigenvalue weighted by molar-refractivity contribution is 0.122. The number of anilines is 3. The maximum absolute atomic E-state index is 5.44. The van der Waals surface area contributed by atoms with E-state index in [0.29, 0.717) is 5.82 Å². The molecule has 4 aromatic rings. The van der Waals surface area contributed by atoms with Crippen LogP contribution in [0.15, 0.2) is 73.1 Å². The molecule has 1 N–H and O–H groups in total. The Morgan fingerprint density at radius 2 is 1.59 bits per heavy atom. The predicted molar refractivity (Wildman–Crippen MR) is 116 cm³/mol. The molecule has 2 aromatic carbocycles. The van der Waals surface area contributed by atoms with Crippen molar-refractivity contribution in [2.24, 2.45) is 0 Å². The second kappa shape index (κ2) is 7.85. The zero-order chi connectivity index (χ0) is 19.5. The van der Waals surface area contributed by atoms with Crippen LogP contribution in [0.1, 0.15) is 0 Å². The Labute approximate surface area is 169 Å². The summed E-state index contributed by atoms with van der Waals surface area (Å²) in [7, 11) is 0. The van der Waals surface area contributed by atoms with Crippen molar-refractivity contribution in [1.29, 1.82) is 0 Å². The molecule has 0 spiro atoms. The Kier molecular flexibility index (Phi) is 4.76. The zero-order valence-electron chi connectivity index (χ0n) is 16.0. The third kappa shape index (κ3) is 3.75. The van der Waals surface area contributed by atoms with E-state index in [1.807, 2.05) is 36.4 Å². The van der Waals surface area contributed by atoms with Crippen LogP contribution in [0, 0.1) is 0 Å². The number of para-hydroxylation sites is 1. The number of fused-ring (bicyclic) bond motifs is 1. The topological polar surface area (TPSA) is 63.2 Å². The van der Waals surface area contributed by atoms with E-state index in [4.69, 9.17) is 14.7 Å². The van der Waals surface area contributed by atoms with Gasteiger partial charge in [0.15, 0.2) is 5.82 Å². The number of rotatable bonds is 4. The van der Waals surface area contributed by atoms with E-state index in [1.165, 1.54) is 5.69 Å². The molecule has 5 rings (SSSR count). The first-order valence-corrected chi connectivity index (χ1v) is 9.74. The molecule has 1 aliphatic rings. The van der Waals surface area contributed by atoms with Crippen LogP contribution in [0.4, 0.5) is 17.2 Å². The van der Waals surface area contributed by atoms with Crippen LogP contribution in [-0.4, -0.2) is 41.3 Å². The first-order valence-electron chi connectivity index (χ1n) is 9.74. The highest BCUT2D eigenvalue weighted by Gasteiger charge is 2.12. The van der Waals surface area contributed by atoms with Gasteiger partial charge in [-0.2, -0.15) is 0 Å². The summed E-state index contributed by atoms with van der Waals surface area (Å²) in [5.74, 6) is 1.47. The van der Waals surface area contributed by atoms with Gasteiger partial charge in [-0.3, -0.25) is 4.98 Å². The first kappa shape index (κ1) is 17.6. The van der Waals surface area contributed by atoms with E-state index in [1.54, 1.807) is 12.4 Å². The largest absolute Gasteiger partial charge is 0.378 e. The van der Waals surface area contributed by atoms with Gasteiger partial charge < -0.3 is 15.0 Å². The predicted octanol–water partition coefficient (Wildman–Crippen LogP) is 4.27. The van der Waals surface area contributed by atoms with Crippen LogP contribution in [0.5, 0.6) is 0 Å². The lowest BCUT2D eigenvalue weighted by atomic mass is 10.2. The van der Waals surface area contributed by atoms with Gasteiger partial charge in [-0.25, -0.2) is 9.97 Å². The summed E-state index contributed by atoms with van der Waals surface area (Å²) >= 11 is 0. The van der Waals surface area contributed by atoms with Crippen LogP contribution in [-0.2, 0) is 4.74 Å². The molecule has 1 aliphatic heterocycles. The minimum atomic E-state index is 0.679. The van der Waals surface area contributed by atoms with Crippen molar-refractivity contribution in [3.05, 3.63) is 73.1 Å². The summed E-state index contributed by atoms with van der Waals surface area (Å²) in [6.45, 7) is 3.42. The number of hydrogen-bond acceptors (Lipinski definition) is 6. The van der Waals surface area contributed by atoms with Crippen molar-refractivity contribution in [2.75, 3.05) is 36.5 Å². The molecule has 144 valence electrons. The van der Waals surface area contributed by atoms with Gasteiger partial charge in [0.1, 0.15) is 5.82 Å². The lowest BCUT2D eigenvalue weighted by Gasteiger charge is -2.28. The molecular weight excluding hydrogens is 362 g/mol. The minimum absolute atomic E-state index is 0.679. The molecule has 3 heterocycles. The Hall–Kier alpha value is -3.51. The summed E-state index contributed by atoms with van der Waals surface area (Å²) in [5, 5.41) is 4.47. The van der Waals surface area contributed by atoms with E-state index < -0.39 is 0 Å².